The number of hydrogen-bond acceptors (Lipinski definition) is 6. The lowest BCUT2D eigenvalue weighted by Gasteiger charge is -1.97. The Morgan fingerprint density at radius 3 is 2.65 bits per heavy atom. The molecule has 2 aromatic rings. The summed E-state index contributed by atoms with van der Waals surface area (Å²) < 4.78 is 4.88. The van der Waals surface area contributed by atoms with Gasteiger partial charge in [-0.05, 0) is 13.8 Å². The number of nitrogens with zero attached hydrogens (tertiary/aromatic N) is 2. The smallest absolute Gasteiger partial charge is 0.312 e. The normalized spacial score (nSPS) is 10.5. The molecule has 2 aromatic heterocycles. The van der Waals surface area contributed by atoms with Crippen LogP contribution in [0.3, 0.4) is 0 Å². The van der Waals surface area contributed by atoms with Crippen LogP contribution in [0.1, 0.15) is 16.9 Å². The molecule has 2 heterocycles. The van der Waals surface area contributed by atoms with E-state index >= 15 is 0 Å². The number of thiazole rings is 2. The first-order chi connectivity index (χ1) is 8.19. The molecule has 4 nitrogen and oxygen atoms in total. The zero-order chi connectivity index (χ0) is 12.3. The number of carbonyl (C=O) groups is 1. The standard InChI is InChI=1S/C11H12N2O2S2/c1-3-15-11(14)4-10-13-9(6-17-10)8-5-16-7(2)12-8/h5-6H,3-4H2,1-2H3. The van der Waals surface area contributed by atoms with Gasteiger partial charge in [-0.25, -0.2) is 9.97 Å². The van der Waals surface area contributed by atoms with E-state index in [0.717, 1.165) is 21.4 Å². The summed E-state index contributed by atoms with van der Waals surface area (Å²) in [7, 11) is 0. The van der Waals surface area contributed by atoms with Gasteiger partial charge in [0.1, 0.15) is 16.4 Å². The number of esters is 1. The third-order valence-corrected chi connectivity index (χ3v) is 3.66. The molecule has 17 heavy (non-hydrogen) atoms. The van der Waals surface area contributed by atoms with Crippen LogP contribution in [0.4, 0.5) is 0 Å². The van der Waals surface area contributed by atoms with Crippen LogP contribution < -0.4 is 0 Å². The van der Waals surface area contributed by atoms with Gasteiger partial charge in [-0.15, -0.1) is 22.7 Å². The average Bonchev–Trinajstić information content (AvgIpc) is 2.87. The van der Waals surface area contributed by atoms with E-state index in [2.05, 4.69) is 9.97 Å². The third kappa shape index (κ3) is 3.10. The molecule has 6 heteroatoms. The molecular formula is C11H12N2O2S2. The molecule has 0 unspecified atom stereocenters. The van der Waals surface area contributed by atoms with Crippen molar-refractivity contribution in [2.24, 2.45) is 0 Å². The first-order valence-corrected chi connectivity index (χ1v) is 6.97. The van der Waals surface area contributed by atoms with Crippen molar-refractivity contribution < 1.29 is 9.53 Å². The minimum absolute atomic E-state index is 0.233. The van der Waals surface area contributed by atoms with Gasteiger partial charge in [-0.3, -0.25) is 4.79 Å². The molecule has 0 amide bonds. The van der Waals surface area contributed by atoms with E-state index in [4.69, 9.17) is 4.74 Å². The number of aryl methyl sites for hydroxylation is 1. The van der Waals surface area contributed by atoms with Gasteiger partial charge in [0.2, 0.25) is 0 Å². The van der Waals surface area contributed by atoms with Gasteiger partial charge in [-0.1, -0.05) is 0 Å². The molecule has 0 spiro atoms. The molecule has 0 atom stereocenters. The maximum atomic E-state index is 11.3. The third-order valence-electron chi connectivity index (χ3n) is 2.03. The number of ether oxygens (including phenoxy) is 1. The molecule has 0 radical (unpaired) electrons. The first kappa shape index (κ1) is 12.2. The number of rotatable bonds is 4. The minimum Gasteiger partial charge on any atom is -0.466 e. The van der Waals surface area contributed by atoms with Gasteiger partial charge in [0.05, 0.1) is 18.0 Å². The Morgan fingerprint density at radius 2 is 2.00 bits per heavy atom. The van der Waals surface area contributed by atoms with Gasteiger partial charge in [0.25, 0.3) is 0 Å². The van der Waals surface area contributed by atoms with Crippen LogP contribution in [0.15, 0.2) is 10.8 Å². The number of hydrogen-bond donors (Lipinski definition) is 0. The van der Waals surface area contributed by atoms with Gasteiger partial charge >= 0.3 is 5.97 Å². The van der Waals surface area contributed by atoms with Crippen molar-refractivity contribution in [3.63, 3.8) is 0 Å². The second-order valence-electron chi connectivity index (χ2n) is 3.36. The first-order valence-electron chi connectivity index (χ1n) is 5.21. The van der Waals surface area contributed by atoms with E-state index in [1.807, 2.05) is 17.7 Å². The Hall–Kier alpha value is -1.27. The highest BCUT2D eigenvalue weighted by Crippen LogP contribution is 2.23. The predicted octanol–water partition coefficient (Wildman–Crippen LogP) is 2.68. The van der Waals surface area contributed by atoms with E-state index in [9.17, 15) is 4.79 Å². The van der Waals surface area contributed by atoms with Crippen molar-refractivity contribution >= 4 is 28.6 Å². The fourth-order valence-corrected chi connectivity index (χ4v) is 2.71. The molecular weight excluding hydrogens is 256 g/mol. The molecule has 0 N–H and O–H groups in total. The van der Waals surface area contributed by atoms with Crippen LogP contribution in [0.2, 0.25) is 0 Å². The summed E-state index contributed by atoms with van der Waals surface area (Å²) in [4.78, 5) is 20.0. The Labute approximate surface area is 107 Å². The van der Waals surface area contributed by atoms with Gasteiger partial charge in [-0.2, -0.15) is 0 Å². The van der Waals surface area contributed by atoms with Crippen molar-refractivity contribution in [3.8, 4) is 11.4 Å². The zero-order valence-electron chi connectivity index (χ0n) is 9.60. The number of aromatic nitrogens is 2. The average molecular weight is 268 g/mol. The summed E-state index contributed by atoms with van der Waals surface area (Å²) >= 11 is 3.05. The lowest BCUT2D eigenvalue weighted by atomic mass is 10.4. The lowest BCUT2D eigenvalue weighted by Crippen LogP contribution is -2.07. The summed E-state index contributed by atoms with van der Waals surface area (Å²) in [6.07, 6.45) is 0.238. The summed E-state index contributed by atoms with van der Waals surface area (Å²) in [5, 5.41) is 5.67. The van der Waals surface area contributed by atoms with Crippen LogP contribution in [-0.4, -0.2) is 22.5 Å². The van der Waals surface area contributed by atoms with Gasteiger partial charge in [0, 0.05) is 10.8 Å². The second kappa shape index (κ2) is 5.37. The van der Waals surface area contributed by atoms with Crippen LogP contribution in [0, 0.1) is 6.92 Å². The highest BCUT2D eigenvalue weighted by Gasteiger charge is 2.11. The van der Waals surface area contributed by atoms with Gasteiger partial charge < -0.3 is 4.74 Å². The van der Waals surface area contributed by atoms with Crippen molar-refractivity contribution in [2.45, 2.75) is 20.3 Å². The SMILES string of the molecule is CCOC(=O)Cc1nc(-c2csc(C)n2)cs1. The maximum absolute atomic E-state index is 11.3. The molecule has 0 aliphatic rings. The van der Waals surface area contributed by atoms with Crippen molar-refractivity contribution in [1.82, 2.24) is 9.97 Å². The molecule has 0 aliphatic carbocycles. The lowest BCUT2D eigenvalue weighted by molar-refractivity contribution is -0.142. The van der Waals surface area contributed by atoms with Crippen molar-refractivity contribution in [1.29, 1.82) is 0 Å². The Balaban J connectivity index is 2.08. The topological polar surface area (TPSA) is 52.1 Å². The summed E-state index contributed by atoms with van der Waals surface area (Å²) in [5.74, 6) is -0.233. The van der Waals surface area contributed by atoms with E-state index in [1.165, 1.54) is 11.3 Å². The molecule has 90 valence electrons. The van der Waals surface area contributed by atoms with E-state index in [0.29, 0.717) is 6.61 Å². The fraction of sp³-hybridized carbons (Fsp3) is 0.364. The van der Waals surface area contributed by atoms with Crippen molar-refractivity contribution in [3.05, 3.63) is 20.8 Å². The van der Waals surface area contributed by atoms with Gasteiger partial charge in [0.15, 0.2) is 0 Å². The minimum atomic E-state index is -0.233. The zero-order valence-corrected chi connectivity index (χ0v) is 11.2. The summed E-state index contributed by atoms with van der Waals surface area (Å²) in [6.45, 7) is 4.16. The summed E-state index contributed by atoms with van der Waals surface area (Å²) in [6, 6.07) is 0. The Morgan fingerprint density at radius 1 is 1.29 bits per heavy atom. The Kier molecular flexibility index (Phi) is 3.86. The number of carbonyl (C=O) groups excluding carboxylic acids is 1. The Bertz CT molecular complexity index is 519. The molecule has 0 aromatic carbocycles. The highest BCUT2D eigenvalue weighted by atomic mass is 32.1. The van der Waals surface area contributed by atoms with Crippen LogP contribution in [-0.2, 0) is 16.0 Å². The quantitative estimate of drug-likeness (QED) is 0.800. The maximum Gasteiger partial charge on any atom is 0.312 e. The fourth-order valence-electron chi connectivity index (χ4n) is 1.33. The van der Waals surface area contributed by atoms with Crippen molar-refractivity contribution in [2.75, 3.05) is 6.61 Å². The molecule has 0 fully saturated rings. The summed E-state index contributed by atoms with van der Waals surface area (Å²) in [5.41, 5.74) is 1.71. The molecule has 0 bridgehead atoms. The predicted molar refractivity (Wildman–Crippen MR) is 68.3 cm³/mol. The molecule has 0 aliphatic heterocycles. The largest absolute Gasteiger partial charge is 0.466 e. The van der Waals surface area contributed by atoms with Crippen LogP contribution in [0.25, 0.3) is 11.4 Å². The van der Waals surface area contributed by atoms with Crippen LogP contribution in [0.5, 0.6) is 0 Å². The monoisotopic (exact) mass is 268 g/mol. The van der Waals surface area contributed by atoms with E-state index in [-0.39, 0.29) is 12.4 Å². The van der Waals surface area contributed by atoms with E-state index < -0.39 is 0 Å². The van der Waals surface area contributed by atoms with E-state index in [1.54, 1.807) is 18.3 Å². The second-order valence-corrected chi connectivity index (χ2v) is 5.36. The highest BCUT2D eigenvalue weighted by molar-refractivity contribution is 7.10. The molecule has 0 saturated heterocycles. The van der Waals surface area contributed by atoms with Crippen LogP contribution >= 0.6 is 22.7 Å². The molecule has 0 saturated carbocycles. The molecule has 2 rings (SSSR count).